The third-order valence-corrected chi connectivity index (χ3v) is 7.19. The average molecular weight is 567 g/mol. The Hall–Kier alpha value is -4.38. The van der Waals surface area contributed by atoms with E-state index in [1.165, 1.54) is 13.2 Å². The molecule has 3 N–H and O–H groups in total. The fourth-order valence-electron chi connectivity index (χ4n) is 4.89. The van der Waals surface area contributed by atoms with E-state index in [-0.39, 0.29) is 29.8 Å². The third-order valence-electron chi connectivity index (χ3n) is 6.90. The maximum absolute atomic E-state index is 14.6. The Bertz CT molecular complexity index is 1470. The minimum Gasteiger partial charge on any atom is -0.453 e. The summed E-state index contributed by atoms with van der Waals surface area (Å²) in [6.45, 7) is 0.786. The predicted molar refractivity (Wildman–Crippen MR) is 150 cm³/mol. The highest BCUT2D eigenvalue weighted by molar-refractivity contribution is 6.31. The monoisotopic (exact) mass is 566 g/mol. The van der Waals surface area contributed by atoms with Crippen molar-refractivity contribution < 1.29 is 23.5 Å². The molecule has 0 saturated carbocycles. The Morgan fingerprint density at radius 1 is 1.20 bits per heavy atom. The number of rotatable bonds is 3. The summed E-state index contributed by atoms with van der Waals surface area (Å²) in [7, 11) is 1.27. The van der Waals surface area contributed by atoms with Crippen LogP contribution in [0, 0.1) is 5.82 Å². The van der Waals surface area contributed by atoms with Crippen molar-refractivity contribution in [2.75, 3.05) is 42.3 Å². The van der Waals surface area contributed by atoms with Crippen molar-refractivity contribution in [2.45, 2.75) is 25.3 Å². The fraction of sp³-hybridized carbons (Fsp3) is 0.286. The number of carbonyl (C=O) groups excluding carboxylic acids is 3. The molecule has 2 aliphatic heterocycles. The van der Waals surface area contributed by atoms with Crippen molar-refractivity contribution in [2.24, 2.45) is 0 Å². The van der Waals surface area contributed by atoms with Gasteiger partial charge in [0.25, 0.3) is 0 Å². The number of aromatic amines is 1. The summed E-state index contributed by atoms with van der Waals surface area (Å²) in [6, 6.07) is 9.46. The predicted octanol–water partition coefficient (Wildman–Crippen LogP) is 5.12. The minimum atomic E-state index is -0.629. The highest BCUT2D eigenvalue weighted by Gasteiger charge is 2.33. The number of halogens is 2. The molecule has 12 heteroatoms. The van der Waals surface area contributed by atoms with E-state index in [1.54, 1.807) is 46.3 Å². The second-order valence-corrected chi connectivity index (χ2v) is 9.86. The van der Waals surface area contributed by atoms with Crippen LogP contribution in [0.15, 0.2) is 54.7 Å². The number of piperazine rings is 1. The van der Waals surface area contributed by atoms with Crippen LogP contribution in [0.2, 0.25) is 5.02 Å². The van der Waals surface area contributed by atoms with Gasteiger partial charge in [0, 0.05) is 30.8 Å². The van der Waals surface area contributed by atoms with Crippen LogP contribution in [0.25, 0.3) is 11.3 Å². The number of allylic oxidation sites excluding steroid dienone is 1. The Balaban J connectivity index is 1.44. The number of nitrogens with zero attached hydrogens (tertiary/aromatic N) is 3. The highest BCUT2D eigenvalue weighted by Crippen LogP contribution is 2.34. The van der Waals surface area contributed by atoms with E-state index in [1.807, 2.05) is 12.2 Å². The number of ether oxygens (including phenoxy) is 1. The molecule has 0 spiro atoms. The van der Waals surface area contributed by atoms with Gasteiger partial charge < -0.3 is 24.8 Å². The van der Waals surface area contributed by atoms with E-state index in [9.17, 15) is 18.8 Å². The van der Waals surface area contributed by atoms with Gasteiger partial charge in [-0.2, -0.15) is 0 Å². The quantitative estimate of drug-likeness (QED) is 0.379. The molecule has 3 heterocycles. The molecular formula is C28H28ClFN6O4. The Morgan fingerprint density at radius 2 is 2.05 bits per heavy atom. The van der Waals surface area contributed by atoms with Gasteiger partial charge in [0.15, 0.2) is 5.82 Å². The Labute approximate surface area is 235 Å². The van der Waals surface area contributed by atoms with Crippen LogP contribution in [0.3, 0.4) is 0 Å². The second kappa shape index (κ2) is 11.8. The number of H-pyrrole nitrogens is 1. The first kappa shape index (κ1) is 27.2. The minimum absolute atomic E-state index is 0.00225. The normalized spacial score (nSPS) is 18.5. The number of carbonyl (C=O) groups is 3. The van der Waals surface area contributed by atoms with Crippen molar-refractivity contribution in [3.8, 4) is 11.3 Å². The van der Waals surface area contributed by atoms with E-state index in [2.05, 4.69) is 25.3 Å². The lowest BCUT2D eigenvalue weighted by atomic mass is 10.1. The molecule has 1 aromatic heterocycles. The summed E-state index contributed by atoms with van der Waals surface area (Å²) in [6.07, 6.45) is 6.12. The topological polar surface area (TPSA) is 120 Å². The molecule has 1 unspecified atom stereocenters. The van der Waals surface area contributed by atoms with Crippen LogP contribution in [0.4, 0.5) is 26.2 Å². The van der Waals surface area contributed by atoms with Gasteiger partial charge in [-0.15, -0.1) is 0 Å². The first-order chi connectivity index (χ1) is 19.3. The van der Waals surface area contributed by atoms with Crippen LogP contribution in [-0.2, 0) is 14.3 Å². The molecule has 10 nitrogen and oxygen atoms in total. The summed E-state index contributed by atoms with van der Waals surface area (Å²) in [5.74, 6) is -0.306. The number of fused-ring (bicyclic) bond motifs is 4. The molecular weight excluding hydrogens is 539 g/mol. The fourth-order valence-corrected chi connectivity index (χ4v) is 5.06. The third kappa shape index (κ3) is 5.79. The number of aromatic nitrogens is 2. The largest absolute Gasteiger partial charge is 0.453 e. The van der Waals surface area contributed by atoms with Gasteiger partial charge in [-0.1, -0.05) is 29.8 Å². The molecule has 2 aromatic carbocycles. The molecule has 5 rings (SSSR count). The number of methoxy groups -OCH3 is 1. The van der Waals surface area contributed by atoms with Gasteiger partial charge >= 0.3 is 6.09 Å². The van der Waals surface area contributed by atoms with Gasteiger partial charge in [0.2, 0.25) is 11.8 Å². The number of benzene rings is 2. The lowest BCUT2D eigenvalue weighted by Crippen LogP contribution is -2.52. The van der Waals surface area contributed by atoms with E-state index < -0.39 is 18.0 Å². The number of imidazole rings is 1. The number of hydrogen-bond donors (Lipinski definition) is 3. The van der Waals surface area contributed by atoms with Crippen LogP contribution in [0.5, 0.6) is 0 Å². The second-order valence-electron chi connectivity index (χ2n) is 9.45. The average Bonchev–Trinajstić information content (AvgIpc) is 3.42. The van der Waals surface area contributed by atoms with Gasteiger partial charge in [0.05, 0.1) is 48.0 Å². The van der Waals surface area contributed by atoms with Crippen LogP contribution in [-0.4, -0.2) is 59.5 Å². The van der Waals surface area contributed by atoms with Crippen LogP contribution >= 0.6 is 11.6 Å². The smallest absolute Gasteiger partial charge is 0.411 e. The molecule has 2 aliphatic rings. The van der Waals surface area contributed by atoms with Gasteiger partial charge in [-0.3, -0.25) is 14.9 Å². The summed E-state index contributed by atoms with van der Waals surface area (Å²) >= 11 is 5.96. The molecule has 1 atom stereocenters. The molecule has 1 fully saturated rings. The van der Waals surface area contributed by atoms with Crippen LogP contribution in [0.1, 0.15) is 31.1 Å². The summed E-state index contributed by atoms with van der Waals surface area (Å²) in [5, 5.41) is 5.53. The lowest BCUT2D eigenvalue weighted by Gasteiger charge is -2.39. The number of amides is 3. The SMILES string of the molecule is COC(=O)Nc1ccc2c(c1)NC(=O)CC/C=C/CC(N1CCN(c3cccc(Cl)c3F)CC1=O)c1ncc-2[nH]1. The molecule has 3 aromatic rings. The number of nitrogens with one attached hydrogen (secondary N) is 3. The van der Waals surface area contributed by atoms with Gasteiger partial charge in [-0.05, 0) is 43.2 Å². The van der Waals surface area contributed by atoms with E-state index in [4.69, 9.17) is 11.6 Å². The molecule has 0 radical (unpaired) electrons. The zero-order chi connectivity index (χ0) is 28.2. The molecule has 40 heavy (non-hydrogen) atoms. The number of hydrogen-bond acceptors (Lipinski definition) is 6. The van der Waals surface area contributed by atoms with Crippen molar-refractivity contribution in [3.63, 3.8) is 0 Å². The van der Waals surface area contributed by atoms with E-state index >= 15 is 0 Å². The van der Waals surface area contributed by atoms with Gasteiger partial charge in [0.1, 0.15) is 5.82 Å². The highest BCUT2D eigenvalue weighted by atomic mass is 35.5. The lowest BCUT2D eigenvalue weighted by molar-refractivity contribution is -0.133. The molecule has 208 valence electrons. The molecule has 3 amide bonds. The first-order valence-corrected chi connectivity index (χ1v) is 13.2. The maximum Gasteiger partial charge on any atom is 0.411 e. The Morgan fingerprint density at radius 3 is 2.85 bits per heavy atom. The summed E-state index contributed by atoms with van der Waals surface area (Å²) in [5.41, 5.74) is 2.54. The maximum atomic E-state index is 14.6. The zero-order valence-corrected chi connectivity index (χ0v) is 22.5. The standard InChI is InChI=1S/C28H28ClFN6O4/c1-40-28(39)32-17-10-11-18-20(14-17)33-24(37)9-4-2-3-7-23(27-31-15-21(18)34-27)36-13-12-35(16-25(36)38)22-8-5-6-19(29)26(22)30/h2-3,5-6,8,10-11,14-15,23H,4,7,9,12-13,16H2,1H3,(H,31,34)(H,32,39)(H,33,37)/b3-2+. The molecule has 1 saturated heterocycles. The van der Waals surface area contributed by atoms with Crippen molar-refractivity contribution in [1.82, 2.24) is 14.9 Å². The van der Waals surface area contributed by atoms with Crippen molar-refractivity contribution in [3.05, 3.63) is 71.4 Å². The van der Waals surface area contributed by atoms with Crippen molar-refractivity contribution >= 4 is 46.6 Å². The van der Waals surface area contributed by atoms with Crippen LogP contribution < -0.4 is 15.5 Å². The van der Waals surface area contributed by atoms with E-state index in [0.29, 0.717) is 60.1 Å². The van der Waals surface area contributed by atoms with Crippen molar-refractivity contribution in [1.29, 1.82) is 0 Å². The van der Waals surface area contributed by atoms with Gasteiger partial charge in [-0.25, -0.2) is 14.2 Å². The number of anilines is 3. The Kier molecular flexibility index (Phi) is 8.01. The summed E-state index contributed by atoms with van der Waals surface area (Å²) < 4.78 is 19.3. The first-order valence-electron chi connectivity index (χ1n) is 12.8. The van der Waals surface area contributed by atoms with E-state index in [0.717, 1.165) is 0 Å². The molecule has 0 aliphatic carbocycles. The molecule has 2 bridgehead atoms. The summed E-state index contributed by atoms with van der Waals surface area (Å²) in [4.78, 5) is 49.1. The zero-order valence-electron chi connectivity index (χ0n) is 21.7.